The summed E-state index contributed by atoms with van der Waals surface area (Å²) >= 11 is 0. The summed E-state index contributed by atoms with van der Waals surface area (Å²) in [6.07, 6.45) is 3.92. The summed E-state index contributed by atoms with van der Waals surface area (Å²) in [4.78, 5) is 23.2. The Kier molecular flexibility index (Phi) is 3.50. The van der Waals surface area contributed by atoms with E-state index in [0.29, 0.717) is 18.6 Å². The molecule has 2 nitrogen and oxygen atoms in total. The van der Waals surface area contributed by atoms with E-state index >= 15 is 0 Å². The monoisotopic (exact) mass is 216 g/mol. The molecule has 84 valence electrons. The Morgan fingerprint density at radius 2 is 2.00 bits per heavy atom. The van der Waals surface area contributed by atoms with Gasteiger partial charge in [-0.25, -0.2) is 0 Å². The molecule has 0 bridgehead atoms. The first-order chi connectivity index (χ1) is 7.77. The SMILES string of the molecule is O=C(CCC1CCCC1=O)c1ccccc1. The van der Waals surface area contributed by atoms with Gasteiger partial charge >= 0.3 is 0 Å². The largest absolute Gasteiger partial charge is 0.299 e. The summed E-state index contributed by atoms with van der Waals surface area (Å²) in [5.41, 5.74) is 0.757. The van der Waals surface area contributed by atoms with Gasteiger partial charge in [-0.1, -0.05) is 30.3 Å². The quantitative estimate of drug-likeness (QED) is 0.725. The lowest BCUT2D eigenvalue weighted by molar-refractivity contribution is -0.120. The Hall–Kier alpha value is -1.44. The minimum atomic E-state index is 0.146. The summed E-state index contributed by atoms with van der Waals surface area (Å²) in [7, 11) is 0. The average Bonchev–Trinajstić information content (AvgIpc) is 2.73. The van der Waals surface area contributed by atoms with Crippen molar-refractivity contribution in [2.45, 2.75) is 32.1 Å². The van der Waals surface area contributed by atoms with Crippen LogP contribution in [0.3, 0.4) is 0 Å². The zero-order chi connectivity index (χ0) is 11.4. The fourth-order valence-electron chi connectivity index (χ4n) is 2.27. The molecule has 0 radical (unpaired) electrons. The molecule has 2 rings (SSSR count). The first-order valence-electron chi connectivity index (χ1n) is 5.88. The van der Waals surface area contributed by atoms with Gasteiger partial charge in [-0.3, -0.25) is 9.59 Å². The van der Waals surface area contributed by atoms with Crippen molar-refractivity contribution in [2.75, 3.05) is 0 Å². The molecule has 0 aliphatic heterocycles. The number of benzene rings is 1. The summed E-state index contributed by atoms with van der Waals surface area (Å²) in [6.45, 7) is 0. The highest BCUT2D eigenvalue weighted by Gasteiger charge is 2.24. The third-order valence-electron chi connectivity index (χ3n) is 3.25. The van der Waals surface area contributed by atoms with Crippen molar-refractivity contribution in [3.63, 3.8) is 0 Å². The van der Waals surface area contributed by atoms with Crippen LogP contribution >= 0.6 is 0 Å². The Labute approximate surface area is 95.7 Å². The number of hydrogen-bond donors (Lipinski definition) is 0. The molecule has 1 atom stereocenters. The van der Waals surface area contributed by atoms with Crippen molar-refractivity contribution < 1.29 is 9.59 Å². The number of rotatable bonds is 4. The van der Waals surface area contributed by atoms with Crippen molar-refractivity contribution in [1.82, 2.24) is 0 Å². The predicted octanol–water partition coefficient (Wildman–Crippen LogP) is 3.02. The fourth-order valence-corrected chi connectivity index (χ4v) is 2.27. The number of hydrogen-bond acceptors (Lipinski definition) is 2. The van der Waals surface area contributed by atoms with E-state index < -0.39 is 0 Å². The maximum atomic E-state index is 11.8. The molecule has 2 heteroatoms. The predicted molar refractivity (Wildman–Crippen MR) is 62.4 cm³/mol. The highest BCUT2D eigenvalue weighted by Crippen LogP contribution is 2.25. The minimum Gasteiger partial charge on any atom is -0.299 e. The number of Topliss-reactive ketones (excluding diaryl/α,β-unsaturated/α-hetero) is 2. The number of carbonyl (C=O) groups is 2. The summed E-state index contributed by atoms with van der Waals surface area (Å²) in [6, 6.07) is 9.30. The second kappa shape index (κ2) is 5.06. The molecule has 0 spiro atoms. The van der Waals surface area contributed by atoms with E-state index in [2.05, 4.69) is 0 Å². The second-order valence-electron chi connectivity index (χ2n) is 4.38. The van der Waals surface area contributed by atoms with Crippen molar-refractivity contribution in [2.24, 2.45) is 5.92 Å². The molecule has 1 aliphatic carbocycles. The molecular formula is C14H16O2. The van der Waals surface area contributed by atoms with Crippen LogP contribution in [0.5, 0.6) is 0 Å². The van der Waals surface area contributed by atoms with Gasteiger partial charge in [0.1, 0.15) is 5.78 Å². The van der Waals surface area contributed by atoms with E-state index in [9.17, 15) is 9.59 Å². The van der Waals surface area contributed by atoms with Gasteiger partial charge in [0.25, 0.3) is 0 Å². The average molecular weight is 216 g/mol. The van der Waals surface area contributed by atoms with Gasteiger partial charge in [0.2, 0.25) is 0 Å². The summed E-state index contributed by atoms with van der Waals surface area (Å²) in [5.74, 6) is 0.647. The first kappa shape index (κ1) is 11.1. The normalized spacial score (nSPS) is 20.0. The zero-order valence-corrected chi connectivity index (χ0v) is 9.32. The number of carbonyl (C=O) groups excluding carboxylic acids is 2. The van der Waals surface area contributed by atoms with Crippen molar-refractivity contribution >= 4 is 11.6 Å². The lowest BCUT2D eigenvalue weighted by Gasteiger charge is -2.06. The molecule has 0 saturated heterocycles. The van der Waals surface area contributed by atoms with Gasteiger partial charge < -0.3 is 0 Å². The Bertz CT molecular complexity index is 381. The Morgan fingerprint density at radius 3 is 2.62 bits per heavy atom. The van der Waals surface area contributed by atoms with Crippen LogP contribution in [0.4, 0.5) is 0 Å². The molecule has 0 amide bonds. The lowest BCUT2D eigenvalue weighted by atomic mass is 9.97. The second-order valence-corrected chi connectivity index (χ2v) is 4.38. The lowest BCUT2D eigenvalue weighted by Crippen LogP contribution is -2.09. The molecule has 1 unspecified atom stereocenters. The maximum Gasteiger partial charge on any atom is 0.162 e. The van der Waals surface area contributed by atoms with Crippen LogP contribution < -0.4 is 0 Å². The third kappa shape index (κ3) is 2.57. The van der Waals surface area contributed by atoms with Crippen LogP contribution in [0.15, 0.2) is 30.3 Å². The first-order valence-corrected chi connectivity index (χ1v) is 5.88. The molecule has 1 aromatic rings. The van der Waals surface area contributed by atoms with Crippen LogP contribution in [0.2, 0.25) is 0 Å². The van der Waals surface area contributed by atoms with Gasteiger partial charge in [0.05, 0.1) is 0 Å². The van der Waals surface area contributed by atoms with E-state index in [1.165, 1.54) is 0 Å². The Morgan fingerprint density at radius 1 is 1.25 bits per heavy atom. The smallest absolute Gasteiger partial charge is 0.162 e. The van der Waals surface area contributed by atoms with Crippen LogP contribution in [0.1, 0.15) is 42.5 Å². The van der Waals surface area contributed by atoms with Crippen LogP contribution in [0.25, 0.3) is 0 Å². The standard InChI is InChI=1S/C14H16O2/c15-13-8-4-7-12(13)9-10-14(16)11-5-2-1-3-6-11/h1-3,5-6,12H,4,7-10H2. The topological polar surface area (TPSA) is 34.1 Å². The van der Waals surface area contributed by atoms with E-state index in [-0.39, 0.29) is 11.7 Å². The molecule has 1 saturated carbocycles. The zero-order valence-electron chi connectivity index (χ0n) is 9.32. The molecule has 0 aromatic heterocycles. The van der Waals surface area contributed by atoms with E-state index in [1.54, 1.807) is 0 Å². The highest BCUT2D eigenvalue weighted by atomic mass is 16.1. The van der Waals surface area contributed by atoms with Gasteiger partial charge in [0.15, 0.2) is 5.78 Å². The fraction of sp³-hybridized carbons (Fsp3) is 0.429. The van der Waals surface area contributed by atoms with Gasteiger partial charge in [-0.05, 0) is 19.3 Å². The van der Waals surface area contributed by atoms with Crippen LogP contribution in [-0.2, 0) is 4.79 Å². The maximum absolute atomic E-state index is 11.8. The van der Waals surface area contributed by atoms with E-state index in [4.69, 9.17) is 0 Å². The van der Waals surface area contributed by atoms with Crippen molar-refractivity contribution in [3.05, 3.63) is 35.9 Å². The minimum absolute atomic E-state index is 0.146. The molecule has 1 aliphatic rings. The molecule has 1 fully saturated rings. The summed E-state index contributed by atoms with van der Waals surface area (Å²) < 4.78 is 0. The molecule has 1 aromatic carbocycles. The van der Waals surface area contributed by atoms with Crippen LogP contribution in [-0.4, -0.2) is 11.6 Å². The number of ketones is 2. The molecular weight excluding hydrogens is 200 g/mol. The summed E-state index contributed by atoms with van der Waals surface area (Å²) in [5, 5.41) is 0. The Balaban J connectivity index is 1.87. The molecule has 0 heterocycles. The molecule has 0 N–H and O–H groups in total. The molecule has 16 heavy (non-hydrogen) atoms. The van der Waals surface area contributed by atoms with Crippen molar-refractivity contribution in [1.29, 1.82) is 0 Å². The van der Waals surface area contributed by atoms with E-state index in [0.717, 1.165) is 24.8 Å². The van der Waals surface area contributed by atoms with Gasteiger partial charge in [-0.2, -0.15) is 0 Å². The van der Waals surface area contributed by atoms with E-state index in [1.807, 2.05) is 30.3 Å². The van der Waals surface area contributed by atoms with Crippen LogP contribution in [0, 0.1) is 5.92 Å². The van der Waals surface area contributed by atoms with Crippen molar-refractivity contribution in [3.8, 4) is 0 Å². The third-order valence-corrected chi connectivity index (χ3v) is 3.25. The highest BCUT2D eigenvalue weighted by molar-refractivity contribution is 5.96. The van der Waals surface area contributed by atoms with Gasteiger partial charge in [-0.15, -0.1) is 0 Å². The van der Waals surface area contributed by atoms with Gasteiger partial charge in [0, 0.05) is 24.3 Å².